The number of carbonyl (C=O) groups is 20. The second-order valence-electron chi connectivity index (χ2n) is 35.3. The molecule has 46 nitrogen and oxygen atoms in total. The van der Waals surface area contributed by atoms with Gasteiger partial charge in [0.05, 0.1) is 32.3 Å². The van der Waals surface area contributed by atoms with Crippen LogP contribution in [0.25, 0.3) is 0 Å². The molecule has 12 atom stereocenters. The monoisotopic (exact) mass is 2030 g/mol. The maximum Gasteiger partial charge on any atom is 0.408 e. The highest BCUT2D eigenvalue weighted by Crippen LogP contribution is 2.28. The lowest BCUT2D eigenvalue weighted by atomic mass is 10.1. The Morgan fingerprint density at radius 2 is 0.874 bits per heavy atom. The van der Waals surface area contributed by atoms with E-state index in [1.165, 1.54) is 164 Å². The molecule has 0 unspecified atom stereocenters. The maximum atomic E-state index is 14.6. The number of carboxylic acid groups (broad SMARTS) is 1. The predicted octanol–water partition coefficient (Wildman–Crippen LogP) is -1.09. The summed E-state index contributed by atoms with van der Waals surface area (Å²) in [6.07, 6.45) is 3.65. The molecule has 1 aliphatic heterocycles. The van der Waals surface area contributed by atoms with Crippen molar-refractivity contribution in [3.8, 4) is 0 Å². The van der Waals surface area contributed by atoms with Crippen molar-refractivity contribution in [2.24, 2.45) is 0 Å². The molecule has 0 bridgehead atoms. The van der Waals surface area contributed by atoms with Crippen LogP contribution in [0.1, 0.15) is 110 Å². The van der Waals surface area contributed by atoms with Gasteiger partial charge in [-0.3, -0.25) is 76.7 Å². The first kappa shape index (κ1) is 126. The number of esters is 1. The molecular formula is C83H148N20O26S6. The Morgan fingerprint density at radius 1 is 0.481 bits per heavy atom. The number of alkyl carbamates (subject to hydrolysis) is 4. The molecule has 772 valence electrons. The van der Waals surface area contributed by atoms with Crippen molar-refractivity contribution in [3.63, 3.8) is 0 Å². The van der Waals surface area contributed by atoms with Gasteiger partial charge in [0.2, 0.25) is 82.7 Å². The number of hydrogen-bond donors (Lipinski definition) is 11. The maximum absolute atomic E-state index is 14.6. The van der Waals surface area contributed by atoms with Gasteiger partial charge in [0.1, 0.15) is 95.9 Å². The highest BCUT2D eigenvalue weighted by atomic mass is 33.1. The number of rotatable bonds is 41. The van der Waals surface area contributed by atoms with Crippen molar-refractivity contribution in [1.29, 1.82) is 0 Å². The van der Waals surface area contributed by atoms with Gasteiger partial charge in [-0.2, -0.15) is 47.0 Å². The van der Waals surface area contributed by atoms with Gasteiger partial charge in [-0.15, -0.1) is 0 Å². The van der Waals surface area contributed by atoms with E-state index in [1.807, 2.05) is 6.92 Å². The van der Waals surface area contributed by atoms with Crippen molar-refractivity contribution >= 4 is 188 Å². The number of likely N-dealkylation sites (N-methyl/N-ethyl adjacent to an activating group) is 12. The normalized spacial score (nSPS) is 17.3. The molecule has 1 saturated heterocycles. The van der Waals surface area contributed by atoms with E-state index in [1.54, 1.807) is 129 Å². The molecule has 0 spiro atoms. The first-order chi connectivity index (χ1) is 62.4. The van der Waals surface area contributed by atoms with Gasteiger partial charge in [0, 0.05) is 131 Å². The average molecular weight is 2030 g/mol. The van der Waals surface area contributed by atoms with Crippen LogP contribution in [0.4, 0.5) is 19.2 Å². The third-order valence-corrected chi connectivity index (χ3v) is 24.9. The summed E-state index contributed by atoms with van der Waals surface area (Å²) in [5, 5.41) is 34.3. The van der Waals surface area contributed by atoms with Crippen LogP contribution in [-0.2, 0) is 100 Å². The van der Waals surface area contributed by atoms with E-state index in [0.717, 1.165) is 31.6 Å². The Labute approximate surface area is 817 Å². The molecule has 1 fully saturated rings. The second-order valence-corrected chi connectivity index (χ2v) is 41.5. The number of nitrogens with one attached hydrogen (secondary N) is 10. The number of ether oxygens (including phenoxy) is 5. The fourth-order valence-electron chi connectivity index (χ4n) is 12.4. The van der Waals surface area contributed by atoms with Crippen molar-refractivity contribution in [1.82, 2.24) is 102 Å². The molecule has 1 aliphatic rings. The van der Waals surface area contributed by atoms with E-state index in [-0.39, 0.29) is 59.9 Å². The molecule has 135 heavy (non-hydrogen) atoms. The molecule has 18 amide bonds. The topological polar surface area (TPSA) is 560 Å². The number of hydrogen-bond acceptors (Lipinski definition) is 33. The third-order valence-electron chi connectivity index (χ3n) is 19.9. The SMILES string of the molecule is CC[C@H](NC)C(=O)N(C)[C@@H](CSC)C(=O)N(C)C[C@@H](NC(=O)OC(C)(C)C)C(=O)NCC(=O)N(C)[C@@H](CC)C(=O)N(C)[C@@H](CSC)C(=O)N(C)C[C@@H](NC(=O)OC(C)(C)C)C(=O)NCC(=O)OC.CN[C@H]1CSSC[C@@H](C(=O)N(C)[C@@H](CSC)C(=O)N(C)C[C@@H](NC(=O)OC(C)(C)C)C(=O)NCC(=O)O)N(C)C(=O)CNC(=O)[C@H](NC(=O)OC(C)(C)C)CN(C)C(=O)[C@H](CSC)N(C)C1=O. The summed E-state index contributed by atoms with van der Waals surface area (Å²) in [5.41, 5.74) is -3.78. The number of carboxylic acids is 1. The Kier molecular flexibility index (Phi) is 56.2. The lowest BCUT2D eigenvalue weighted by molar-refractivity contribution is -0.149. The molecule has 1 heterocycles. The number of carbonyl (C=O) groups excluding carboxylic acids is 19. The molecule has 0 saturated carbocycles. The molecule has 11 N–H and O–H groups in total. The van der Waals surface area contributed by atoms with E-state index < -0.39 is 247 Å². The van der Waals surface area contributed by atoms with E-state index in [9.17, 15) is 95.9 Å². The molecule has 0 radical (unpaired) electrons. The van der Waals surface area contributed by atoms with E-state index in [4.69, 9.17) is 24.1 Å². The number of methoxy groups -OCH3 is 1. The van der Waals surface area contributed by atoms with Crippen LogP contribution in [0.3, 0.4) is 0 Å². The van der Waals surface area contributed by atoms with Gasteiger partial charge in [0.25, 0.3) is 0 Å². The standard InChI is InChI=1S/C43H78N10O13S2.C40H70N10O13S4/c1-18-26(44-9)36(58)52(13)30(24-67-16)37(59)49(10)22-27(47-40(62)65-42(3,4)5)34(56)45-20-32(54)51(12)29(19-2)39(61)53(14)31(25-68-17)38(60)50(11)23-28(35(57)46-21-33(55)64-15)48-41(63)66-43(6,7)8;1-39(2,3)62-37(60)44-23-17-46(8)34(57)26(20-64-13)49(11)33(56)25(41-7)19-66-67-22-28(48(10)29(51)15-42-31(23)54)36(59)50(12)27(21-65-14)35(58)47(9)18-24(32(55)43-16-30(52)53)45-38(61)63-40(4,5)6/h26-31,44H,18-25H2,1-17H3,(H,45,56)(H,46,57)(H,47,62)(H,48,63);23-28,41H,15-22H2,1-14H3,(H,42,54)(H,43,55)(H,44,60)(H,45,61)(H,52,53)/t26-,27+,28+,29-,30-,31-;23-,24-,25+,26+,27+,28+/m01/s1. The molecule has 0 aromatic carbocycles. The van der Waals surface area contributed by atoms with Crippen LogP contribution >= 0.6 is 68.6 Å². The van der Waals surface area contributed by atoms with Crippen molar-refractivity contribution in [3.05, 3.63) is 0 Å². The molecule has 0 aromatic rings. The van der Waals surface area contributed by atoms with Gasteiger partial charge in [-0.25, -0.2) is 19.2 Å². The summed E-state index contributed by atoms with van der Waals surface area (Å²) in [4.78, 5) is 279. The lowest BCUT2D eigenvalue weighted by Gasteiger charge is -2.36. The Bertz CT molecular complexity index is 4010. The van der Waals surface area contributed by atoms with E-state index >= 15 is 0 Å². The highest BCUT2D eigenvalue weighted by molar-refractivity contribution is 8.76. The van der Waals surface area contributed by atoms with Crippen LogP contribution in [0, 0.1) is 0 Å². The van der Waals surface area contributed by atoms with Gasteiger partial charge >= 0.3 is 36.3 Å². The molecule has 1 rings (SSSR count). The fraction of sp³-hybridized carbons (Fsp3) is 0.759. The average Bonchev–Trinajstić information content (AvgIpc) is 0.747. The highest BCUT2D eigenvalue weighted by Gasteiger charge is 2.43. The number of amides is 18. The quantitative estimate of drug-likeness (QED) is 0.0197. The molecule has 0 aromatic heterocycles. The third kappa shape index (κ3) is 45.2. The number of thioether (sulfide) groups is 4. The first-order valence-corrected chi connectivity index (χ1v) is 51.0. The van der Waals surface area contributed by atoms with Crippen LogP contribution < -0.4 is 53.2 Å². The number of aliphatic carboxylic acids is 1. The van der Waals surface area contributed by atoms with Gasteiger partial charge in [0.15, 0.2) is 0 Å². The Morgan fingerprint density at radius 3 is 1.24 bits per heavy atom. The minimum absolute atomic E-state index is 0.0448. The Hall–Kier alpha value is -9.38. The zero-order valence-electron chi connectivity index (χ0n) is 83.8. The largest absolute Gasteiger partial charge is 0.480 e. The van der Waals surface area contributed by atoms with E-state index in [2.05, 4.69) is 57.9 Å². The summed E-state index contributed by atoms with van der Waals surface area (Å²) in [5.74, 6) is -10.6. The molecular weight excluding hydrogens is 1890 g/mol. The van der Waals surface area contributed by atoms with Gasteiger partial charge in [-0.05, 0) is 135 Å². The van der Waals surface area contributed by atoms with Crippen molar-refractivity contribution in [2.75, 3.05) is 204 Å². The zero-order chi connectivity index (χ0) is 104. The van der Waals surface area contributed by atoms with Crippen LogP contribution in [0.15, 0.2) is 0 Å². The summed E-state index contributed by atoms with van der Waals surface area (Å²) in [6, 6.07) is -13.6. The van der Waals surface area contributed by atoms with Gasteiger partial charge < -0.3 is 131 Å². The Balaban J connectivity index is 0.00000266. The summed E-state index contributed by atoms with van der Waals surface area (Å²) in [7, 11) is 20.8. The first-order valence-electron chi connectivity index (χ1n) is 42.9. The van der Waals surface area contributed by atoms with E-state index in [0.29, 0.717) is 6.42 Å². The van der Waals surface area contributed by atoms with Gasteiger partial charge in [-0.1, -0.05) is 35.4 Å². The molecule has 52 heteroatoms. The van der Waals surface area contributed by atoms with Crippen LogP contribution in [-0.4, -0.2) is 472 Å². The minimum Gasteiger partial charge on any atom is -0.480 e. The van der Waals surface area contributed by atoms with Crippen LogP contribution in [0.5, 0.6) is 0 Å². The minimum atomic E-state index is -1.47. The molecule has 0 aliphatic carbocycles. The summed E-state index contributed by atoms with van der Waals surface area (Å²) in [6.45, 7) is 18.7. The fourth-order valence-corrected chi connectivity index (χ4v) is 17.7. The smallest absolute Gasteiger partial charge is 0.408 e. The van der Waals surface area contributed by atoms with Crippen molar-refractivity contribution in [2.45, 2.75) is 205 Å². The number of nitrogens with zero attached hydrogens (tertiary/aromatic N) is 10. The lowest BCUT2D eigenvalue weighted by Crippen LogP contribution is -2.60. The van der Waals surface area contributed by atoms with Crippen LogP contribution in [0.2, 0.25) is 0 Å². The second kappa shape index (κ2) is 60.4. The van der Waals surface area contributed by atoms with Crippen molar-refractivity contribution < 1.29 is 125 Å². The summed E-state index contributed by atoms with van der Waals surface area (Å²) < 4.78 is 25.9. The zero-order valence-corrected chi connectivity index (χ0v) is 88.7. The summed E-state index contributed by atoms with van der Waals surface area (Å²) >= 11 is 5.15. The predicted molar refractivity (Wildman–Crippen MR) is 519 cm³/mol.